The van der Waals surface area contributed by atoms with Gasteiger partial charge in [-0.3, -0.25) is 0 Å². The predicted octanol–water partition coefficient (Wildman–Crippen LogP) is 1.35. The minimum absolute atomic E-state index is 0.0391. The van der Waals surface area contributed by atoms with Crippen molar-refractivity contribution >= 4 is 0 Å². The molecule has 0 aliphatic heterocycles. The van der Waals surface area contributed by atoms with Gasteiger partial charge in [0.1, 0.15) is 5.75 Å². The Labute approximate surface area is 85.0 Å². The van der Waals surface area contributed by atoms with Crippen molar-refractivity contribution in [2.45, 2.75) is 25.9 Å². The Kier molecular flexibility index (Phi) is 3.49. The highest BCUT2D eigenvalue weighted by Crippen LogP contribution is 2.22. The number of rotatable bonds is 3. The van der Waals surface area contributed by atoms with Crippen molar-refractivity contribution in [3.63, 3.8) is 0 Å². The average molecular weight is 194 g/mol. The van der Waals surface area contributed by atoms with Gasteiger partial charge in [-0.1, -0.05) is 12.1 Å². The predicted molar refractivity (Wildman–Crippen MR) is 58.3 cm³/mol. The van der Waals surface area contributed by atoms with Crippen molar-refractivity contribution < 1.29 is 4.74 Å². The molecule has 1 aromatic rings. The fraction of sp³-hybridized carbons (Fsp3) is 0.455. The maximum Gasteiger partial charge on any atom is 0.121 e. The molecule has 0 heterocycles. The number of aryl methyl sites for hydroxylation is 1. The van der Waals surface area contributed by atoms with Gasteiger partial charge >= 0.3 is 0 Å². The van der Waals surface area contributed by atoms with E-state index in [1.165, 1.54) is 0 Å². The monoisotopic (exact) mass is 194 g/mol. The van der Waals surface area contributed by atoms with Crippen molar-refractivity contribution in [3.8, 4) is 5.75 Å². The highest BCUT2D eigenvalue weighted by atomic mass is 16.5. The van der Waals surface area contributed by atoms with Crippen LogP contribution >= 0.6 is 0 Å². The Morgan fingerprint density at radius 2 is 1.93 bits per heavy atom. The molecule has 0 radical (unpaired) electrons. The zero-order chi connectivity index (χ0) is 10.7. The lowest BCUT2D eigenvalue weighted by atomic mass is 10.00. The second kappa shape index (κ2) is 4.44. The first kappa shape index (κ1) is 11.0. The molecule has 0 fully saturated rings. The number of nitrogens with two attached hydrogens (primary N) is 2. The zero-order valence-electron chi connectivity index (χ0n) is 8.95. The van der Waals surface area contributed by atoms with Crippen molar-refractivity contribution in [3.05, 3.63) is 29.3 Å². The van der Waals surface area contributed by atoms with E-state index in [1.54, 1.807) is 7.11 Å². The van der Waals surface area contributed by atoms with E-state index in [4.69, 9.17) is 16.2 Å². The molecule has 3 nitrogen and oxygen atoms in total. The normalized spacial score (nSPS) is 14.9. The van der Waals surface area contributed by atoms with Crippen LogP contribution in [-0.4, -0.2) is 13.2 Å². The summed E-state index contributed by atoms with van der Waals surface area (Å²) in [6, 6.07) is 5.75. The third-order valence-corrected chi connectivity index (χ3v) is 2.37. The van der Waals surface area contributed by atoms with E-state index in [1.807, 2.05) is 32.0 Å². The zero-order valence-corrected chi connectivity index (χ0v) is 8.95. The van der Waals surface area contributed by atoms with Crippen LogP contribution in [0.3, 0.4) is 0 Å². The Balaban J connectivity index is 2.96. The van der Waals surface area contributed by atoms with Gasteiger partial charge in [0.25, 0.3) is 0 Å². The van der Waals surface area contributed by atoms with Crippen molar-refractivity contribution in [1.29, 1.82) is 0 Å². The van der Waals surface area contributed by atoms with Gasteiger partial charge in [-0.2, -0.15) is 0 Å². The van der Waals surface area contributed by atoms with Crippen molar-refractivity contribution in [2.75, 3.05) is 7.11 Å². The summed E-state index contributed by atoms with van der Waals surface area (Å²) < 4.78 is 5.17. The second-order valence-corrected chi connectivity index (χ2v) is 3.61. The van der Waals surface area contributed by atoms with Crippen LogP contribution in [0.1, 0.15) is 24.1 Å². The standard InChI is InChI=1S/C11H18N2O/c1-7-6-9(11(13)8(2)12)4-5-10(7)14-3/h4-6,8,11H,12-13H2,1-3H3. The highest BCUT2D eigenvalue weighted by Gasteiger charge is 2.11. The maximum atomic E-state index is 5.93. The fourth-order valence-electron chi connectivity index (χ4n) is 1.41. The van der Waals surface area contributed by atoms with Crippen molar-refractivity contribution in [2.24, 2.45) is 11.5 Å². The topological polar surface area (TPSA) is 61.3 Å². The quantitative estimate of drug-likeness (QED) is 0.763. The molecule has 2 unspecified atom stereocenters. The van der Waals surface area contributed by atoms with Gasteiger partial charge < -0.3 is 16.2 Å². The molecule has 0 saturated heterocycles. The minimum atomic E-state index is -0.111. The van der Waals surface area contributed by atoms with E-state index in [2.05, 4.69) is 0 Å². The van der Waals surface area contributed by atoms with Gasteiger partial charge in [0, 0.05) is 12.1 Å². The molecule has 2 atom stereocenters. The fourth-order valence-corrected chi connectivity index (χ4v) is 1.41. The molecule has 14 heavy (non-hydrogen) atoms. The largest absolute Gasteiger partial charge is 0.496 e. The summed E-state index contributed by atoms with van der Waals surface area (Å²) in [5.41, 5.74) is 13.8. The lowest BCUT2D eigenvalue weighted by Crippen LogP contribution is -2.31. The summed E-state index contributed by atoms with van der Waals surface area (Å²) in [6.45, 7) is 3.90. The van der Waals surface area contributed by atoms with E-state index in [0.717, 1.165) is 16.9 Å². The third kappa shape index (κ3) is 2.25. The van der Waals surface area contributed by atoms with Gasteiger partial charge in [0.15, 0.2) is 0 Å². The molecule has 3 heteroatoms. The molecule has 0 bridgehead atoms. The summed E-state index contributed by atoms with van der Waals surface area (Å²) in [5, 5.41) is 0. The molecule has 0 aliphatic rings. The van der Waals surface area contributed by atoms with Gasteiger partial charge in [-0.25, -0.2) is 0 Å². The Bertz CT molecular complexity index is 310. The molecule has 1 rings (SSSR count). The first-order valence-electron chi connectivity index (χ1n) is 4.72. The van der Waals surface area contributed by atoms with E-state index < -0.39 is 0 Å². The molecular weight excluding hydrogens is 176 g/mol. The van der Waals surface area contributed by atoms with Crippen LogP contribution in [0.5, 0.6) is 5.75 Å². The van der Waals surface area contributed by atoms with Crippen LogP contribution in [0, 0.1) is 6.92 Å². The molecule has 0 aromatic heterocycles. The maximum absolute atomic E-state index is 5.93. The molecular formula is C11H18N2O. The number of benzene rings is 1. The Morgan fingerprint density at radius 1 is 1.29 bits per heavy atom. The summed E-state index contributed by atoms with van der Waals surface area (Å²) >= 11 is 0. The molecule has 0 aliphatic carbocycles. The molecule has 0 spiro atoms. The molecule has 0 saturated carbocycles. The van der Waals surface area contributed by atoms with Gasteiger partial charge in [-0.05, 0) is 31.0 Å². The van der Waals surface area contributed by atoms with Gasteiger partial charge in [0.2, 0.25) is 0 Å². The Morgan fingerprint density at radius 3 is 2.36 bits per heavy atom. The molecule has 1 aromatic carbocycles. The SMILES string of the molecule is COc1ccc(C(N)C(C)N)cc1C. The lowest BCUT2D eigenvalue weighted by molar-refractivity contribution is 0.411. The summed E-state index contributed by atoms with van der Waals surface area (Å²) in [7, 11) is 1.66. The van der Waals surface area contributed by atoms with Crippen LogP contribution in [-0.2, 0) is 0 Å². The van der Waals surface area contributed by atoms with Gasteiger partial charge in [0.05, 0.1) is 7.11 Å². The number of hydrogen-bond acceptors (Lipinski definition) is 3. The number of methoxy groups -OCH3 is 1. The van der Waals surface area contributed by atoms with Crippen LogP contribution < -0.4 is 16.2 Å². The molecule has 78 valence electrons. The van der Waals surface area contributed by atoms with Gasteiger partial charge in [-0.15, -0.1) is 0 Å². The lowest BCUT2D eigenvalue weighted by Gasteiger charge is -2.17. The van der Waals surface area contributed by atoms with E-state index in [9.17, 15) is 0 Å². The minimum Gasteiger partial charge on any atom is -0.496 e. The smallest absolute Gasteiger partial charge is 0.121 e. The third-order valence-electron chi connectivity index (χ3n) is 2.37. The van der Waals surface area contributed by atoms with Crippen LogP contribution in [0.2, 0.25) is 0 Å². The Hall–Kier alpha value is -1.06. The molecule has 0 amide bonds. The second-order valence-electron chi connectivity index (χ2n) is 3.61. The molecule has 4 N–H and O–H groups in total. The summed E-state index contributed by atoms with van der Waals surface area (Å²) in [4.78, 5) is 0. The number of hydrogen-bond donors (Lipinski definition) is 2. The van der Waals surface area contributed by atoms with E-state index in [0.29, 0.717) is 0 Å². The highest BCUT2D eigenvalue weighted by molar-refractivity contribution is 5.37. The summed E-state index contributed by atoms with van der Waals surface area (Å²) in [5.74, 6) is 0.880. The van der Waals surface area contributed by atoms with E-state index >= 15 is 0 Å². The van der Waals surface area contributed by atoms with Crippen LogP contribution in [0.25, 0.3) is 0 Å². The van der Waals surface area contributed by atoms with Crippen LogP contribution in [0.4, 0.5) is 0 Å². The van der Waals surface area contributed by atoms with Crippen LogP contribution in [0.15, 0.2) is 18.2 Å². The van der Waals surface area contributed by atoms with E-state index in [-0.39, 0.29) is 12.1 Å². The first-order valence-corrected chi connectivity index (χ1v) is 4.72. The summed E-state index contributed by atoms with van der Waals surface area (Å²) in [6.07, 6.45) is 0. The number of ether oxygens (including phenoxy) is 1. The average Bonchev–Trinajstić information content (AvgIpc) is 2.16. The van der Waals surface area contributed by atoms with Crippen molar-refractivity contribution in [1.82, 2.24) is 0 Å². The first-order chi connectivity index (χ1) is 6.56.